The first-order valence-corrected chi connectivity index (χ1v) is 23.1. The van der Waals surface area contributed by atoms with Gasteiger partial charge in [0, 0.05) is 12.8 Å². The summed E-state index contributed by atoms with van der Waals surface area (Å²) in [6.07, 6.45) is 50.9. The number of phosphoric ester groups is 1. The number of carbonyl (C=O) groups is 2. The van der Waals surface area contributed by atoms with Crippen LogP contribution in [0.4, 0.5) is 0 Å². The topological polar surface area (TPSA) is 119 Å². The minimum absolute atomic E-state index is 0.189. The quantitative estimate of drug-likeness (QED) is 0.0274. The van der Waals surface area contributed by atoms with Crippen LogP contribution in [0.1, 0.15) is 194 Å². The van der Waals surface area contributed by atoms with Crippen LogP contribution in [-0.4, -0.2) is 41.0 Å². The van der Waals surface area contributed by atoms with Gasteiger partial charge in [-0.15, -0.1) is 0 Å². The van der Waals surface area contributed by atoms with Crippen LogP contribution in [0.3, 0.4) is 0 Å². The summed E-state index contributed by atoms with van der Waals surface area (Å²) in [6, 6.07) is 0. The Hall–Kier alpha value is -2.25. The zero-order valence-electron chi connectivity index (χ0n) is 34.4. The second kappa shape index (κ2) is 40.4. The van der Waals surface area contributed by atoms with Crippen LogP contribution < -0.4 is 0 Å². The Labute approximate surface area is 330 Å². The van der Waals surface area contributed by atoms with Crippen molar-refractivity contribution in [2.24, 2.45) is 0 Å². The van der Waals surface area contributed by atoms with Crippen LogP contribution >= 0.6 is 7.82 Å². The Balaban J connectivity index is 4.02. The minimum atomic E-state index is -4.77. The summed E-state index contributed by atoms with van der Waals surface area (Å²) >= 11 is 0. The van der Waals surface area contributed by atoms with Gasteiger partial charge < -0.3 is 19.3 Å². The van der Waals surface area contributed by atoms with Crippen molar-refractivity contribution in [1.82, 2.24) is 0 Å². The predicted octanol–water partition coefficient (Wildman–Crippen LogP) is 13.3. The Morgan fingerprint density at radius 2 is 0.852 bits per heavy atom. The monoisotopic (exact) mass is 779 g/mol. The van der Waals surface area contributed by atoms with Gasteiger partial charge in [-0.05, 0) is 77.0 Å². The molecule has 312 valence electrons. The smallest absolute Gasteiger partial charge is 0.462 e. The molecule has 9 heteroatoms. The SMILES string of the molecule is CCCCCC/C=C/CCCCCCCCCC(=O)O[C@H](COC(=O)CCC/C=C/C/C=C/C/C=C/C/C=C/CCCCCCCCC)COP(=O)(O)O. The molecule has 0 bridgehead atoms. The number of esters is 2. The van der Waals surface area contributed by atoms with E-state index >= 15 is 0 Å². The molecule has 54 heavy (non-hydrogen) atoms. The molecule has 8 nitrogen and oxygen atoms in total. The van der Waals surface area contributed by atoms with E-state index < -0.39 is 32.5 Å². The van der Waals surface area contributed by atoms with Crippen LogP contribution in [0.25, 0.3) is 0 Å². The lowest BCUT2D eigenvalue weighted by molar-refractivity contribution is -0.161. The van der Waals surface area contributed by atoms with Crippen molar-refractivity contribution < 1.29 is 37.9 Å². The molecule has 0 unspecified atom stereocenters. The highest BCUT2D eigenvalue weighted by Crippen LogP contribution is 2.36. The molecule has 0 saturated heterocycles. The molecule has 0 aromatic carbocycles. The van der Waals surface area contributed by atoms with E-state index in [1.807, 2.05) is 6.08 Å². The van der Waals surface area contributed by atoms with Gasteiger partial charge >= 0.3 is 19.8 Å². The van der Waals surface area contributed by atoms with Gasteiger partial charge in [-0.3, -0.25) is 14.1 Å². The van der Waals surface area contributed by atoms with Gasteiger partial charge in [-0.1, -0.05) is 164 Å². The van der Waals surface area contributed by atoms with Crippen molar-refractivity contribution in [3.8, 4) is 0 Å². The third kappa shape index (κ3) is 42.5. The Bertz CT molecular complexity index is 1060. The number of phosphoric acid groups is 1. The zero-order valence-corrected chi connectivity index (χ0v) is 35.2. The van der Waals surface area contributed by atoms with Crippen molar-refractivity contribution in [1.29, 1.82) is 0 Å². The lowest BCUT2D eigenvalue weighted by atomic mass is 10.1. The number of unbranched alkanes of at least 4 members (excludes halogenated alkanes) is 19. The van der Waals surface area contributed by atoms with Gasteiger partial charge in [0.2, 0.25) is 0 Å². The molecule has 0 aromatic heterocycles. The fourth-order valence-corrected chi connectivity index (χ4v) is 6.13. The Kier molecular flexibility index (Phi) is 38.7. The summed E-state index contributed by atoms with van der Waals surface area (Å²) in [6.45, 7) is 3.62. The number of carbonyl (C=O) groups excluding carboxylic acids is 2. The first kappa shape index (κ1) is 51.8. The summed E-state index contributed by atoms with van der Waals surface area (Å²) in [4.78, 5) is 42.8. The third-order valence-electron chi connectivity index (χ3n) is 9.01. The van der Waals surface area contributed by atoms with E-state index in [1.165, 1.54) is 103 Å². The normalized spacial score (nSPS) is 13.0. The van der Waals surface area contributed by atoms with Crippen LogP contribution in [-0.2, 0) is 28.2 Å². The van der Waals surface area contributed by atoms with Crippen molar-refractivity contribution >= 4 is 19.8 Å². The second-order valence-electron chi connectivity index (χ2n) is 14.3. The highest BCUT2D eigenvalue weighted by atomic mass is 31.2. The highest BCUT2D eigenvalue weighted by Gasteiger charge is 2.22. The van der Waals surface area contributed by atoms with Crippen molar-refractivity contribution in [2.75, 3.05) is 13.2 Å². The molecule has 0 aliphatic carbocycles. The maximum Gasteiger partial charge on any atom is 0.469 e. The predicted molar refractivity (Wildman–Crippen MR) is 225 cm³/mol. The molecule has 0 aliphatic rings. The Morgan fingerprint density at radius 1 is 0.481 bits per heavy atom. The van der Waals surface area contributed by atoms with Gasteiger partial charge in [0.25, 0.3) is 0 Å². The van der Waals surface area contributed by atoms with Crippen molar-refractivity contribution in [2.45, 2.75) is 200 Å². The average Bonchev–Trinajstić information content (AvgIpc) is 3.14. The summed E-state index contributed by atoms with van der Waals surface area (Å²) in [5.74, 6) is -0.957. The first-order valence-electron chi connectivity index (χ1n) is 21.6. The lowest BCUT2D eigenvalue weighted by Crippen LogP contribution is -2.29. The first-order chi connectivity index (χ1) is 26.3. The molecular formula is C45H79O8P. The molecule has 1 atom stereocenters. The van der Waals surface area contributed by atoms with E-state index in [0.717, 1.165) is 51.4 Å². The van der Waals surface area contributed by atoms with E-state index in [-0.39, 0.29) is 19.4 Å². The molecule has 0 saturated carbocycles. The Morgan fingerprint density at radius 3 is 1.33 bits per heavy atom. The molecular weight excluding hydrogens is 699 g/mol. The van der Waals surface area contributed by atoms with Gasteiger partial charge in [0.1, 0.15) is 6.61 Å². The van der Waals surface area contributed by atoms with E-state index in [2.05, 4.69) is 73.1 Å². The number of hydrogen-bond donors (Lipinski definition) is 2. The molecule has 2 N–H and O–H groups in total. The molecule has 0 heterocycles. The fraction of sp³-hybridized carbons (Fsp3) is 0.733. The molecule has 0 rings (SSSR count). The number of hydrogen-bond acceptors (Lipinski definition) is 6. The second-order valence-corrected chi connectivity index (χ2v) is 15.5. The van der Waals surface area contributed by atoms with Gasteiger partial charge in [-0.2, -0.15) is 0 Å². The summed E-state index contributed by atoms with van der Waals surface area (Å²) in [5.41, 5.74) is 0. The molecule has 0 spiro atoms. The van der Waals surface area contributed by atoms with Gasteiger partial charge in [0.15, 0.2) is 6.10 Å². The molecule has 0 fully saturated rings. The summed E-state index contributed by atoms with van der Waals surface area (Å²) in [5, 5.41) is 0. The summed E-state index contributed by atoms with van der Waals surface area (Å²) < 4.78 is 26.3. The van der Waals surface area contributed by atoms with Crippen molar-refractivity contribution in [3.05, 3.63) is 60.8 Å². The van der Waals surface area contributed by atoms with E-state index in [1.54, 1.807) is 0 Å². The minimum Gasteiger partial charge on any atom is -0.462 e. The largest absolute Gasteiger partial charge is 0.469 e. The maximum absolute atomic E-state index is 12.4. The maximum atomic E-state index is 12.4. The van der Waals surface area contributed by atoms with Crippen LogP contribution in [0.2, 0.25) is 0 Å². The fourth-order valence-electron chi connectivity index (χ4n) is 5.77. The molecule has 0 amide bonds. The van der Waals surface area contributed by atoms with Crippen LogP contribution in [0.5, 0.6) is 0 Å². The number of allylic oxidation sites excluding steroid dienone is 10. The number of rotatable bonds is 39. The molecule has 0 radical (unpaired) electrons. The van der Waals surface area contributed by atoms with Gasteiger partial charge in [-0.25, -0.2) is 4.57 Å². The van der Waals surface area contributed by atoms with Crippen LogP contribution in [0, 0.1) is 0 Å². The molecule has 0 aromatic rings. The number of ether oxygens (including phenoxy) is 2. The standard InChI is InChI=1S/C45H79O8P/c1-3-5-7-9-11-13-15-17-19-20-21-22-23-24-26-27-29-31-33-35-37-39-44(46)51-41-43(42-52-54(48,49)50)53-45(47)40-38-36-34-32-30-28-25-18-16-14-12-10-8-6-4-2/h14,16,19-20,22-23,26-27,31,33,43H,3-13,15,17-18,21,24-25,28-30,32,34-42H2,1-2H3,(H2,48,49,50)/b16-14+,20-19+,23-22+,27-26+,33-31+/t43-/m1/s1. The van der Waals surface area contributed by atoms with Crippen molar-refractivity contribution in [3.63, 3.8) is 0 Å². The molecule has 0 aliphatic heterocycles. The van der Waals surface area contributed by atoms with E-state index in [9.17, 15) is 14.2 Å². The third-order valence-corrected chi connectivity index (χ3v) is 9.49. The van der Waals surface area contributed by atoms with E-state index in [0.29, 0.717) is 12.8 Å². The van der Waals surface area contributed by atoms with E-state index in [4.69, 9.17) is 19.3 Å². The zero-order chi connectivity index (χ0) is 39.6. The summed E-state index contributed by atoms with van der Waals surface area (Å²) in [7, 11) is -4.77. The van der Waals surface area contributed by atoms with Crippen LogP contribution in [0.15, 0.2) is 60.8 Å². The van der Waals surface area contributed by atoms with Gasteiger partial charge in [0.05, 0.1) is 6.61 Å². The lowest BCUT2D eigenvalue weighted by Gasteiger charge is -2.18. The average molecular weight is 779 g/mol. The highest BCUT2D eigenvalue weighted by molar-refractivity contribution is 7.46.